The molecule has 1 aliphatic carbocycles. The summed E-state index contributed by atoms with van der Waals surface area (Å²) >= 11 is 0. The summed E-state index contributed by atoms with van der Waals surface area (Å²) < 4.78 is 5.97. The molecule has 1 unspecified atom stereocenters. The van der Waals surface area contributed by atoms with E-state index in [0.29, 0.717) is 12.5 Å². The van der Waals surface area contributed by atoms with Gasteiger partial charge in [0.1, 0.15) is 6.04 Å². The van der Waals surface area contributed by atoms with Crippen LogP contribution in [-0.4, -0.2) is 60.0 Å². The van der Waals surface area contributed by atoms with Gasteiger partial charge in [-0.15, -0.1) is 0 Å². The van der Waals surface area contributed by atoms with Crippen LogP contribution in [0, 0.1) is 5.92 Å². The van der Waals surface area contributed by atoms with Gasteiger partial charge in [0.25, 0.3) is 0 Å². The summed E-state index contributed by atoms with van der Waals surface area (Å²) in [6.45, 7) is 5.22. The third-order valence-corrected chi connectivity index (χ3v) is 5.59. The smallest absolute Gasteiger partial charge is 0.245 e. The molecule has 0 bridgehead atoms. The molecule has 2 heterocycles. The van der Waals surface area contributed by atoms with E-state index in [1.54, 1.807) is 0 Å². The summed E-state index contributed by atoms with van der Waals surface area (Å²) in [5.41, 5.74) is 0. The topological polar surface area (TPSA) is 49.9 Å². The zero-order chi connectivity index (χ0) is 16.9. The van der Waals surface area contributed by atoms with Crippen molar-refractivity contribution in [2.24, 2.45) is 5.92 Å². The van der Waals surface area contributed by atoms with Crippen molar-refractivity contribution in [2.75, 3.05) is 26.2 Å². The van der Waals surface area contributed by atoms with Gasteiger partial charge in [0.15, 0.2) is 0 Å². The van der Waals surface area contributed by atoms with E-state index in [0.717, 1.165) is 70.7 Å². The Balaban J connectivity index is 1.49. The maximum atomic E-state index is 12.9. The van der Waals surface area contributed by atoms with E-state index in [-0.39, 0.29) is 17.9 Å². The fraction of sp³-hybridized carbons (Fsp3) is 0.895. The quantitative estimate of drug-likeness (QED) is 0.749. The molecule has 24 heavy (non-hydrogen) atoms. The van der Waals surface area contributed by atoms with Crippen LogP contribution in [0.4, 0.5) is 0 Å². The highest BCUT2D eigenvalue weighted by Gasteiger charge is 2.36. The standard InChI is InChI=1S/C19H32N2O3/c1-2-5-18(22)21-11-4-3-6-17(21)19(23)20-12-9-16(10-13-20)24-14-15-7-8-15/h15-17H,2-14H2,1H3. The summed E-state index contributed by atoms with van der Waals surface area (Å²) in [5, 5.41) is 0. The van der Waals surface area contributed by atoms with Crippen molar-refractivity contribution in [1.29, 1.82) is 0 Å². The van der Waals surface area contributed by atoms with Gasteiger partial charge in [-0.3, -0.25) is 9.59 Å². The van der Waals surface area contributed by atoms with Gasteiger partial charge in [-0.05, 0) is 57.3 Å². The molecular weight excluding hydrogens is 304 g/mol. The van der Waals surface area contributed by atoms with Crippen LogP contribution < -0.4 is 0 Å². The lowest BCUT2D eigenvalue weighted by molar-refractivity contribution is -0.149. The van der Waals surface area contributed by atoms with E-state index in [4.69, 9.17) is 4.74 Å². The number of ether oxygens (including phenoxy) is 1. The van der Waals surface area contributed by atoms with Gasteiger partial charge in [0.05, 0.1) is 6.10 Å². The van der Waals surface area contributed by atoms with Crippen LogP contribution in [0.5, 0.6) is 0 Å². The van der Waals surface area contributed by atoms with Crippen LogP contribution in [0.2, 0.25) is 0 Å². The van der Waals surface area contributed by atoms with E-state index >= 15 is 0 Å². The lowest BCUT2D eigenvalue weighted by atomic mass is 9.98. The number of hydrogen-bond donors (Lipinski definition) is 0. The molecule has 3 rings (SSSR count). The Morgan fingerprint density at radius 1 is 1.00 bits per heavy atom. The van der Waals surface area contributed by atoms with E-state index in [1.165, 1.54) is 12.8 Å². The molecule has 3 fully saturated rings. The van der Waals surface area contributed by atoms with E-state index in [9.17, 15) is 9.59 Å². The van der Waals surface area contributed by atoms with Crippen molar-refractivity contribution in [3.05, 3.63) is 0 Å². The van der Waals surface area contributed by atoms with Crippen LogP contribution in [0.25, 0.3) is 0 Å². The molecule has 0 aromatic rings. The number of amides is 2. The number of rotatable bonds is 6. The molecule has 0 N–H and O–H groups in total. The maximum absolute atomic E-state index is 12.9. The van der Waals surface area contributed by atoms with Crippen molar-refractivity contribution in [3.8, 4) is 0 Å². The Labute approximate surface area is 145 Å². The third kappa shape index (κ3) is 4.50. The minimum atomic E-state index is -0.221. The first-order valence-corrected chi connectivity index (χ1v) is 9.89. The van der Waals surface area contributed by atoms with Gasteiger partial charge in [0.2, 0.25) is 11.8 Å². The highest BCUT2D eigenvalue weighted by molar-refractivity contribution is 5.88. The van der Waals surface area contributed by atoms with Crippen LogP contribution in [-0.2, 0) is 14.3 Å². The summed E-state index contributed by atoms with van der Waals surface area (Å²) in [6.07, 6.45) is 9.14. The fourth-order valence-corrected chi connectivity index (χ4v) is 3.85. The minimum Gasteiger partial charge on any atom is -0.378 e. The Bertz CT molecular complexity index is 442. The van der Waals surface area contributed by atoms with Crippen molar-refractivity contribution >= 4 is 11.8 Å². The first kappa shape index (κ1) is 17.7. The predicted molar refractivity (Wildman–Crippen MR) is 92.5 cm³/mol. The minimum absolute atomic E-state index is 0.151. The number of piperidine rings is 2. The molecule has 0 aromatic carbocycles. The van der Waals surface area contributed by atoms with E-state index in [2.05, 4.69) is 0 Å². The largest absolute Gasteiger partial charge is 0.378 e. The van der Waals surface area contributed by atoms with Crippen LogP contribution >= 0.6 is 0 Å². The van der Waals surface area contributed by atoms with Crippen molar-refractivity contribution in [2.45, 2.75) is 76.9 Å². The second-order valence-electron chi connectivity index (χ2n) is 7.65. The van der Waals surface area contributed by atoms with Crippen LogP contribution in [0.15, 0.2) is 0 Å². The Hall–Kier alpha value is -1.10. The predicted octanol–water partition coefficient (Wildman–Crippen LogP) is 2.59. The molecule has 2 aliphatic heterocycles. The van der Waals surface area contributed by atoms with Crippen molar-refractivity contribution in [3.63, 3.8) is 0 Å². The molecule has 5 heteroatoms. The molecule has 3 aliphatic rings. The summed E-state index contributed by atoms with van der Waals surface area (Å²) in [6, 6.07) is -0.221. The second kappa shape index (κ2) is 8.32. The average Bonchev–Trinajstić information content (AvgIpc) is 3.44. The van der Waals surface area contributed by atoms with Crippen molar-refractivity contribution in [1.82, 2.24) is 9.80 Å². The van der Waals surface area contributed by atoms with Crippen molar-refractivity contribution < 1.29 is 14.3 Å². The maximum Gasteiger partial charge on any atom is 0.245 e. The second-order valence-corrected chi connectivity index (χ2v) is 7.65. The zero-order valence-corrected chi connectivity index (χ0v) is 15.0. The number of likely N-dealkylation sites (tertiary alicyclic amines) is 2. The number of carbonyl (C=O) groups is 2. The van der Waals surface area contributed by atoms with E-state index < -0.39 is 0 Å². The lowest BCUT2D eigenvalue weighted by Gasteiger charge is -2.40. The SMILES string of the molecule is CCCC(=O)N1CCCCC1C(=O)N1CCC(OCC2CC2)CC1. The molecule has 0 spiro atoms. The normalized spacial score (nSPS) is 25.8. The number of nitrogens with zero attached hydrogens (tertiary/aromatic N) is 2. The summed E-state index contributed by atoms with van der Waals surface area (Å²) in [7, 11) is 0. The first-order chi connectivity index (χ1) is 11.7. The van der Waals surface area contributed by atoms with Gasteiger partial charge in [-0.1, -0.05) is 6.92 Å². The molecule has 1 atom stereocenters. The van der Waals surface area contributed by atoms with E-state index in [1.807, 2.05) is 16.7 Å². The molecule has 136 valence electrons. The number of hydrogen-bond acceptors (Lipinski definition) is 3. The van der Waals surface area contributed by atoms with Gasteiger partial charge in [-0.2, -0.15) is 0 Å². The molecular formula is C19H32N2O3. The molecule has 0 aromatic heterocycles. The number of carbonyl (C=O) groups excluding carboxylic acids is 2. The molecule has 1 saturated carbocycles. The lowest BCUT2D eigenvalue weighted by Crippen LogP contribution is -2.54. The monoisotopic (exact) mass is 336 g/mol. The van der Waals surface area contributed by atoms with Gasteiger partial charge >= 0.3 is 0 Å². The molecule has 2 saturated heterocycles. The van der Waals surface area contributed by atoms with Crippen LogP contribution in [0.3, 0.4) is 0 Å². The Kier molecular flexibility index (Phi) is 6.14. The summed E-state index contributed by atoms with van der Waals surface area (Å²) in [5.74, 6) is 1.11. The Morgan fingerprint density at radius 2 is 1.75 bits per heavy atom. The average molecular weight is 336 g/mol. The third-order valence-electron chi connectivity index (χ3n) is 5.59. The van der Waals surface area contributed by atoms with Gasteiger partial charge in [0, 0.05) is 32.7 Å². The molecule has 5 nitrogen and oxygen atoms in total. The highest BCUT2D eigenvalue weighted by Crippen LogP contribution is 2.30. The molecule has 2 amide bonds. The van der Waals surface area contributed by atoms with Crippen LogP contribution in [0.1, 0.15) is 64.7 Å². The summed E-state index contributed by atoms with van der Waals surface area (Å²) in [4.78, 5) is 29.1. The Morgan fingerprint density at radius 3 is 2.42 bits per heavy atom. The highest BCUT2D eigenvalue weighted by atomic mass is 16.5. The molecule has 0 radical (unpaired) electrons. The zero-order valence-electron chi connectivity index (χ0n) is 15.0. The van der Waals surface area contributed by atoms with Gasteiger partial charge in [-0.25, -0.2) is 0 Å². The van der Waals surface area contributed by atoms with Gasteiger partial charge < -0.3 is 14.5 Å². The fourth-order valence-electron chi connectivity index (χ4n) is 3.85. The first-order valence-electron chi connectivity index (χ1n) is 9.89.